The number of rotatable bonds is 3. The molecule has 6 heteroatoms. The number of piperidine rings is 3. The number of hydrogen-bond acceptors (Lipinski definition) is 5. The maximum absolute atomic E-state index is 12.5. The maximum atomic E-state index is 12.5. The highest BCUT2D eigenvalue weighted by Gasteiger charge is 2.35. The monoisotopic (exact) mass is 328 g/mol. The zero-order valence-electron chi connectivity index (χ0n) is 12.9. The number of nitrogens with zero attached hydrogens (tertiary/aromatic N) is 2. The fraction of sp³-hybridized carbons (Fsp3) is 0.412. The van der Waals surface area contributed by atoms with Crippen LogP contribution in [-0.2, 0) is 0 Å². The standard InChI is InChI=1S/C17H20N4OS/c18-13-3-1-2-12(8-13)17-19-9-15(23-17)16(22)20-14-10-21-6-4-11(14)5-7-21/h1-3,8-9,11,14H,4-7,10,18H2,(H,20,22). The van der Waals surface area contributed by atoms with Gasteiger partial charge in [0.05, 0.1) is 6.20 Å². The number of nitrogen functional groups attached to an aromatic ring is 1. The van der Waals surface area contributed by atoms with E-state index in [1.807, 2.05) is 24.3 Å². The number of amides is 1. The summed E-state index contributed by atoms with van der Waals surface area (Å²) in [7, 11) is 0. The summed E-state index contributed by atoms with van der Waals surface area (Å²) in [6.45, 7) is 3.34. The highest BCUT2D eigenvalue weighted by Crippen LogP contribution is 2.29. The summed E-state index contributed by atoms with van der Waals surface area (Å²) < 4.78 is 0. The van der Waals surface area contributed by atoms with Crippen LogP contribution in [0.3, 0.4) is 0 Å². The molecule has 0 aliphatic carbocycles. The van der Waals surface area contributed by atoms with E-state index in [1.54, 1.807) is 6.20 Å². The smallest absolute Gasteiger partial charge is 0.263 e. The van der Waals surface area contributed by atoms with Crippen LogP contribution in [0.15, 0.2) is 30.5 Å². The van der Waals surface area contributed by atoms with Crippen molar-refractivity contribution in [2.75, 3.05) is 25.4 Å². The first-order chi connectivity index (χ1) is 11.2. The number of aromatic nitrogens is 1. The van der Waals surface area contributed by atoms with Gasteiger partial charge >= 0.3 is 0 Å². The van der Waals surface area contributed by atoms with Crippen LogP contribution >= 0.6 is 11.3 Å². The summed E-state index contributed by atoms with van der Waals surface area (Å²) in [6.07, 6.45) is 4.06. The number of nitrogens with one attached hydrogen (secondary N) is 1. The van der Waals surface area contributed by atoms with Crippen molar-refractivity contribution in [3.63, 3.8) is 0 Å². The number of anilines is 1. The molecular weight excluding hydrogens is 308 g/mol. The second kappa shape index (κ2) is 5.94. The Labute approximate surface area is 139 Å². The molecule has 23 heavy (non-hydrogen) atoms. The summed E-state index contributed by atoms with van der Waals surface area (Å²) in [5, 5.41) is 4.04. The molecule has 1 amide bonds. The molecule has 0 radical (unpaired) electrons. The average molecular weight is 328 g/mol. The SMILES string of the molecule is Nc1cccc(-c2ncc(C(=O)NC3CN4CCC3CC4)s2)c1. The minimum Gasteiger partial charge on any atom is -0.399 e. The molecule has 1 aromatic carbocycles. The number of nitrogens with two attached hydrogens (primary N) is 1. The number of thiazole rings is 1. The zero-order valence-corrected chi connectivity index (χ0v) is 13.7. The Morgan fingerprint density at radius 3 is 2.87 bits per heavy atom. The van der Waals surface area contributed by atoms with Crippen molar-refractivity contribution in [3.05, 3.63) is 35.3 Å². The lowest BCUT2D eigenvalue weighted by molar-refractivity contribution is 0.0622. The number of benzene rings is 1. The number of carbonyl (C=O) groups is 1. The average Bonchev–Trinajstić information content (AvgIpc) is 3.06. The Balaban J connectivity index is 1.47. The lowest BCUT2D eigenvalue weighted by Crippen LogP contribution is -2.57. The Morgan fingerprint density at radius 2 is 2.17 bits per heavy atom. The van der Waals surface area contributed by atoms with Crippen LogP contribution in [0, 0.1) is 5.92 Å². The third-order valence-electron chi connectivity index (χ3n) is 4.84. The van der Waals surface area contributed by atoms with Crippen LogP contribution in [0.2, 0.25) is 0 Å². The van der Waals surface area contributed by atoms with Gasteiger partial charge in [-0.3, -0.25) is 4.79 Å². The molecule has 3 fully saturated rings. The molecule has 2 aromatic rings. The maximum Gasteiger partial charge on any atom is 0.263 e. The van der Waals surface area contributed by atoms with Crippen LogP contribution in [0.5, 0.6) is 0 Å². The van der Waals surface area contributed by atoms with Crippen molar-refractivity contribution < 1.29 is 4.79 Å². The molecule has 2 bridgehead atoms. The van der Waals surface area contributed by atoms with E-state index < -0.39 is 0 Å². The quantitative estimate of drug-likeness (QED) is 0.848. The fourth-order valence-corrected chi connectivity index (χ4v) is 4.37. The number of carbonyl (C=O) groups excluding carboxylic acids is 1. The van der Waals surface area contributed by atoms with Crippen molar-refractivity contribution in [3.8, 4) is 10.6 Å². The molecule has 5 nitrogen and oxygen atoms in total. The molecule has 0 spiro atoms. The molecule has 1 unspecified atom stereocenters. The Kier molecular flexibility index (Phi) is 3.79. The first-order valence-corrected chi connectivity index (χ1v) is 8.85. The zero-order chi connectivity index (χ0) is 15.8. The van der Waals surface area contributed by atoms with Gasteiger partial charge < -0.3 is 16.0 Å². The van der Waals surface area contributed by atoms with Gasteiger partial charge in [0.1, 0.15) is 9.88 Å². The summed E-state index contributed by atoms with van der Waals surface area (Å²) in [5.41, 5.74) is 7.47. The van der Waals surface area contributed by atoms with E-state index in [1.165, 1.54) is 37.3 Å². The minimum absolute atomic E-state index is 0.00333. The second-order valence-electron chi connectivity index (χ2n) is 6.37. The van der Waals surface area contributed by atoms with Gasteiger partial charge in [-0.15, -0.1) is 11.3 Å². The summed E-state index contributed by atoms with van der Waals surface area (Å²) in [6, 6.07) is 7.87. The molecule has 4 heterocycles. The summed E-state index contributed by atoms with van der Waals surface area (Å²) in [4.78, 5) is 20.0. The van der Waals surface area contributed by atoms with Gasteiger partial charge in [0.15, 0.2) is 0 Å². The molecule has 1 aromatic heterocycles. The lowest BCUT2D eigenvalue weighted by atomic mass is 9.84. The normalized spacial score (nSPS) is 26.2. The molecule has 120 valence electrons. The largest absolute Gasteiger partial charge is 0.399 e. The van der Waals surface area contributed by atoms with Crippen molar-refractivity contribution in [1.82, 2.24) is 15.2 Å². The van der Waals surface area contributed by atoms with E-state index >= 15 is 0 Å². The van der Waals surface area contributed by atoms with Crippen molar-refractivity contribution >= 4 is 22.9 Å². The van der Waals surface area contributed by atoms with Crippen molar-refractivity contribution in [2.24, 2.45) is 5.92 Å². The Morgan fingerprint density at radius 1 is 1.35 bits per heavy atom. The van der Waals surface area contributed by atoms with E-state index in [0.29, 0.717) is 16.5 Å². The van der Waals surface area contributed by atoms with Crippen LogP contribution in [0.1, 0.15) is 22.5 Å². The molecule has 3 saturated heterocycles. The number of fused-ring (bicyclic) bond motifs is 3. The van der Waals surface area contributed by atoms with Gasteiger partial charge in [0.25, 0.3) is 5.91 Å². The van der Waals surface area contributed by atoms with Gasteiger partial charge in [0, 0.05) is 23.8 Å². The number of hydrogen-bond donors (Lipinski definition) is 2. The predicted octanol–water partition coefficient (Wildman–Crippen LogP) is 2.22. The van der Waals surface area contributed by atoms with E-state index in [2.05, 4.69) is 15.2 Å². The first kappa shape index (κ1) is 14.7. The Bertz CT molecular complexity index is 721. The second-order valence-corrected chi connectivity index (χ2v) is 7.40. The van der Waals surface area contributed by atoms with Gasteiger partial charge in [-0.1, -0.05) is 12.1 Å². The predicted molar refractivity (Wildman–Crippen MR) is 92.4 cm³/mol. The van der Waals surface area contributed by atoms with Gasteiger partial charge in [-0.2, -0.15) is 0 Å². The molecular formula is C17H20N4OS. The molecule has 0 saturated carbocycles. The first-order valence-electron chi connectivity index (χ1n) is 8.04. The van der Waals surface area contributed by atoms with Gasteiger partial charge in [0.2, 0.25) is 0 Å². The molecule has 3 N–H and O–H groups in total. The van der Waals surface area contributed by atoms with Crippen LogP contribution in [0.4, 0.5) is 5.69 Å². The highest BCUT2D eigenvalue weighted by molar-refractivity contribution is 7.16. The van der Waals surface area contributed by atoms with Crippen LogP contribution in [-0.4, -0.2) is 41.5 Å². The topological polar surface area (TPSA) is 71.2 Å². The highest BCUT2D eigenvalue weighted by atomic mass is 32.1. The molecule has 1 atom stereocenters. The van der Waals surface area contributed by atoms with Crippen LogP contribution in [0.25, 0.3) is 10.6 Å². The Hall–Kier alpha value is -1.92. The fourth-order valence-electron chi connectivity index (χ4n) is 3.55. The third kappa shape index (κ3) is 2.96. The molecule has 3 aliphatic heterocycles. The van der Waals surface area contributed by atoms with Gasteiger partial charge in [-0.05, 0) is 44.0 Å². The van der Waals surface area contributed by atoms with Crippen molar-refractivity contribution in [2.45, 2.75) is 18.9 Å². The lowest BCUT2D eigenvalue weighted by Gasteiger charge is -2.44. The molecule has 5 rings (SSSR count). The summed E-state index contributed by atoms with van der Waals surface area (Å²) in [5.74, 6) is 0.627. The van der Waals surface area contributed by atoms with Gasteiger partial charge in [-0.25, -0.2) is 4.98 Å². The van der Waals surface area contributed by atoms with Crippen LogP contribution < -0.4 is 11.1 Å². The van der Waals surface area contributed by atoms with Crippen molar-refractivity contribution in [1.29, 1.82) is 0 Å². The van der Waals surface area contributed by atoms with E-state index in [4.69, 9.17) is 5.73 Å². The third-order valence-corrected chi connectivity index (χ3v) is 5.88. The minimum atomic E-state index is -0.00333. The molecule has 3 aliphatic rings. The summed E-state index contributed by atoms with van der Waals surface area (Å²) >= 11 is 1.42. The van der Waals surface area contributed by atoms with E-state index in [9.17, 15) is 4.79 Å². The van der Waals surface area contributed by atoms with E-state index in [0.717, 1.165) is 17.1 Å². The van der Waals surface area contributed by atoms with E-state index in [-0.39, 0.29) is 11.9 Å².